The molecule has 3 heteroatoms. The Bertz CT molecular complexity index is 343. The van der Waals surface area contributed by atoms with Crippen LogP contribution in [0.5, 0.6) is 0 Å². The predicted octanol–water partition coefficient (Wildman–Crippen LogP) is 5.34. The maximum absolute atomic E-state index is 3.52. The summed E-state index contributed by atoms with van der Waals surface area (Å²) in [7, 11) is 2.06. The second-order valence-electron chi connectivity index (χ2n) is 7.92. The van der Waals surface area contributed by atoms with Crippen molar-refractivity contribution in [1.82, 2.24) is 16.0 Å². The molecule has 3 nitrogen and oxygen atoms in total. The smallest absolute Gasteiger partial charge is 0.0998 e. The Hall–Kier alpha value is -0.700. The molecule has 25 heavy (non-hydrogen) atoms. The summed E-state index contributed by atoms with van der Waals surface area (Å²) >= 11 is 0. The van der Waals surface area contributed by atoms with E-state index in [9.17, 15) is 0 Å². The van der Waals surface area contributed by atoms with E-state index >= 15 is 0 Å². The van der Waals surface area contributed by atoms with Crippen molar-refractivity contribution in [3.8, 4) is 0 Å². The van der Waals surface area contributed by atoms with E-state index in [2.05, 4.69) is 43.8 Å². The number of hydrogen-bond acceptors (Lipinski definition) is 3. The molecule has 0 amide bonds. The number of unbranched alkanes of at least 4 members (excludes halogenated alkanes) is 10. The molecule has 0 aromatic carbocycles. The summed E-state index contributed by atoms with van der Waals surface area (Å²) in [6.45, 7) is 9.08. The van der Waals surface area contributed by atoms with Gasteiger partial charge in [-0.15, -0.1) is 0 Å². The summed E-state index contributed by atoms with van der Waals surface area (Å²) in [5, 5.41) is 10.5. The minimum absolute atomic E-state index is 0.441. The molecule has 0 aromatic rings. The van der Waals surface area contributed by atoms with Gasteiger partial charge in [-0.25, -0.2) is 0 Å². The molecule has 0 aromatic heterocycles. The third-order valence-electron chi connectivity index (χ3n) is 5.69. The Labute approximate surface area is 157 Å². The lowest BCUT2D eigenvalue weighted by Crippen LogP contribution is -2.32. The Morgan fingerprint density at radius 3 is 1.80 bits per heavy atom. The van der Waals surface area contributed by atoms with Crippen molar-refractivity contribution in [3.63, 3.8) is 0 Å². The zero-order chi connectivity index (χ0) is 18.3. The summed E-state index contributed by atoms with van der Waals surface area (Å²) in [5.74, 6) is 1.94. The fourth-order valence-corrected chi connectivity index (χ4v) is 3.96. The molecule has 0 spiro atoms. The van der Waals surface area contributed by atoms with Gasteiger partial charge < -0.3 is 16.0 Å². The second-order valence-corrected chi connectivity index (χ2v) is 7.92. The molecule has 1 heterocycles. The van der Waals surface area contributed by atoms with E-state index in [1.165, 1.54) is 88.4 Å². The highest BCUT2D eigenvalue weighted by Crippen LogP contribution is 2.24. The van der Waals surface area contributed by atoms with Gasteiger partial charge in [0.05, 0.1) is 5.82 Å². The number of likely N-dealkylation sites (N-methyl/N-ethyl adjacent to an activating group) is 1. The van der Waals surface area contributed by atoms with Gasteiger partial charge in [-0.2, -0.15) is 0 Å². The topological polar surface area (TPSA) is 36.1 Å². The Balaban J connectivity index is 2.11. The molecular formula is C22H45N3. The molecule has 2 atom stereocenters. The van der Waals surface area contributed by atoms with Crippen molar-refractivity contribution in [2.75, 3.05) is 20.1 Å². The van der Waals surface area contributed by atoms with Crippen LogP contribution in [0.1, 0.15) is 97.8 Å². The fraction of sp³-hybridized carbons (Fsp3) is 0.909. The van der Waals surface area contributed by atoms with E-state index < -0.39 is 0 Å². The molecule has 1 fully saturated rings. The number of nitrogens with one attached hydrogen (secondary N) is 3. The molecule has 0 bridgehead atoms. The normalized spacial score (nSPS) is 16.4. The molecule has 0 saturated carbocycles. The SMILES string of the molecule is CCCCCCCCCCCCCC(C)C(=C1NCCN1)C(C)NC. The Morgan fingerprint density at radius 2 is 1.32 bits per heavy atom. The molecular weight excluding hydrogens is 306 g/mol. The molecule has 2 unspecified atom stereocenters. The van der Waals surface area contributed by atoms with Gasteiger partial charge in [-0.1, -0.05) is 84.5 Å². The van der Waals surface area contributed by atoms with Crippen LogP contribution in [0.2, 0.25) is 0 Å². The highest BCUT2D eigenvalue weighted by Gasteiger charge is 2.21. The first-order chi connectivity index (χ1) is 12.2. The second kappa shape index (κ2) is 14.5. The van der Waals surface area contributed by atoms with Crippen molar-refractivity contribution in [1.29, 1.82) is 0 Å². The Morgan fingerprint density at radius 1 is 0.840 bits per heavy atom. The van der Waals surface area contributed by atoms with E-state index in [1.807, 2.05) is 0 Å². The van der Waals surface area contributed by atoms with Crippen LogP contribution in [0.4, 0.5) is 0 Å². The summed E-state index contributed by atoms with van der Waals surface area (Å²) in [6.07, 6.45) is 17.0. The van der Waals surface area contributed by atoms with Crippen molar-refractivity contribution in [2.45, 2.75) is 104 Å². The van der Waals surface area contributed by atoms with Gasteiger partial charge >= 0.3 is 0 Å². The standard InChI is InChI=1S/C22H45N3/c1-5-6-7-8-9-10-11-12-13-14-15-16-19(2)21(20(3)23-4)22-24-17-18-25-22/h19-20,23-25H,5-18H2,1-4H3. The zero-order valence-corrected chi connectivity index (χ0v) is 17.6. The fourth-order valence-electron chi connectivity index (χ4n) is 3.96. The van der Waals surface area contributed by atoms with E-state index in [0.717, 1.165) is 13.1 Å². The van der Waals surface area contributed by atoms with Crippen LogP contribution in [0, 0.1) is 5.92 Å². The predicted molar refractivity (Wildman–Crippen MR) is 112 cm³/mol. The van der Waals surface area contributed by atoms with Crippen LogP contribution in [0.3, 0.4) is 0 Å². The van der Waals surface area contributed by atoms with Crippen LogP contribution in [0.25, 0.3) is 0 Å². The maximum atomic E-state index is 3.52. The lowest BCUT2D eigenvalue weighted by atomic mass is 9.90. The lowest BCUT2D eigenvalue weighted by Gasteiger charge is -2.24. The van der Waals surface area contributed by atoms with Gasteiger partial charge in [0.1, 0.15) is 0 Å². The van der Waals surface area contributed by atoms with Crippen LogP contribution >= 0.6 is 0 Å². The van der Waals surface area contributed by atoms with Crippen molar-refractivity contribution >= 4 is 0 Å². The van der Waals surface area contributed by atoms with Crippen LogP contribution in [-0.2, 0) is 0 Å². The minimum atomic E-state index is 0.441. The highest BCUT2D eigenvalue weighted by atomic mass is 15.2. The summed E-state index contributed by atoms with van der Waals surface area (Å²) in [4.78, 5) is 0. The Kier molecular flexibility index (Phi) is 12.9. The summed E-state index contributed by atoms with van der Waals surface area (Å²) in [5.41, 5.74) is 1.53. The number of rotatable bonds is 15. The minimum Gasteiger partial charge on any atom is -0.370 e. The summed E-state index contributed by atoms with van der Waals surface area (Å²) < 4.78 is 0. The third kappa shape index (κ3) is 9.53. The van der Waals surface area contributed by atoms with Gasteiger partial charge in [-0.3, -0.25) is 0 Å². The van der Waals surface area contributed by atoms with Crippen molar-refractivity contribution in [3.05, 3.63) is 11.4 Å². The van der Waals surface area contributed by atoms with Gasteiger partial charge in [0.2, 0.25) is 0 Å². The summed E-state index contributed by atoms with van der Waals surface area (Å²) in [6, 6.07) is 0.441. The van der Waals surface area contributed by atoms with Gasteiger partial charge in [0.15, 0.2) is 0 Å². The first-order valence-electron chi connectivity index (χ1n) is 11.1. The monoisotopic (exact) mass is 351 g/mol. The van der Waals surface area contributed by atoms with Crippen LogP contribution in [-0.4, -0.2) is 26.2 Å². The largest absolute Gasteiger partial charge is 0.370 e. The molecule has 0 radical (unpaired) electrons. The average Bonchev–Trinajstić information content (AvgIpc) is 3.13. The van der Waals surface area contributed by atoms with E-state index in [0.29, 0.717) is 12.0 Å². The van der Waals surface area contributed by atoms with Crippen molar-refractivity contribution in [2.24, 2.45) is 5.92 Å². The highest BCUT2D eigenvalue weighted by molar-refractivity contribution is 5.21. The molecule has 1 aliphatic heterocycles. The van der Waals surface area contributed by atoms with E-state index in [4.69, 9.17) is 0 Å². The first kappa shape index (κ1) is 22.3. The quantitative estimate of drug-likeness (QED) is 0.349. The van der Waals surface area contributed by atoms with Crippen LogP contribution in [0.15, 0.2) is 11.4 Å². The molecule has 0 aliphatic carbocycles. The van der Waals surface area contributed by atoms with Crippen LogP contribution < -0.4 is 16.0 Å². The lowest BCUT2D eigenvalue weighted by molar-refractivity contribution is 0.483. The molecule has 1 aliphatic rings. The molecule has 148 valence electrons. The van der Waals surface area contributed by atoms with Crippen molar-refractivity contribution < 1.29 is 0 Å². The van der Waals surface area contributed by atoms with E-state index in [-0.39, 0.29) is 0 Å². The zero-order valence-electron chi connectivity index (χ0n) is 17.6. The molecule has 3 N–H and O–H groups in total. The van der Waals surface area contributed by atoms with Gasteiger partial charge in [0, 0.05) is 19.1 Å². The van der Waals surface area contributed by atoms with Gasteiger partial charge in [0.25, 0.3) is 0 Å². The van der Waals surface area contributed by atoms with E-state index in [1.54, 1.807) is 0 Å². The molecule has 1 saturated heterocycles. The van der Waals surface area contributed by atoms with Gasteiger partial charge in [-0.05, 0) is 31.9 Å². The third-order valence-corrected chi connectivity index (χ3v) is 5.69. The average molecular weight is 352 g/mol. The number of hydrogen-bond donors (Lipinski definition) is 3. The molecule has 1 rings (SSSR count). The first-order valence-corrected chi connectivity index (χ1v) is 11.1. The maximum Gasteiger partial charge on any atom is 0.0998 e.